The number of aromatic nitrogens is 1. The van der Waals surface area contributed by atoms with Crippen molar-refractivity contribution in [1.82, 2.24) is 9.88 Å². The first-order valence-electron chi connectivity index (χ1n) is 5.34. The van der Waals surface area contributed by atoms with E-state index in [2.05, 4.69) is 20.9 Å². The third-order valence-electron chi connectivity index (χ3n) is 2.28. The maximum absolute atomic E-state index is 12.1. The highest BCUT2D eigenvalue weighted by molar-refractivity contribution is 9.10. The normalized spacial score (nSPS) is 10.2. The Bertz CT molecular complexity index is 528. The van der Waals surface area contributed by atoms with Gasteiger partial charge in [-0.05, 0) is 22.0 Å². The predicted molar refractivity (Wildman–Crippen MR) is 70.2 cm³/mol. The molecule has 0 bridgehead atoms. The second-order valence-electron chi connectivity index (χ2n) is 3.68. The Labute approximate surface area is 117 Å². The standard InChI is InChI=1S/C11H13BrN2O5/c1-19-3-2-14(6-9(15)16)11(18)7-4-8(12)10(17)13-5-7/h4-5H,2-3,6H2,1H3,(H,13,17)(H,15,16). The van der Waals surface area contributed by atoms with E-state index in [1.54, 1.807) is 0 Å². The van der Waals surface area contributed by atoms with E-state index in [0.717, 1.165) is 4.90 Å². The highest BCUT2D eigenvalue weighted by Gasteiger charge is 2.19. The van der Waals surface area contributed by atoms with E-state index >= 15 is 0 Å². The Morgan fingerprint density at radius 3 is 2.74 bits per heavy atom. The van der Waals surface area contributed by atoms with E-state index < -0.39 is 18.4 Å². The van der Waals surface area contributed by atoms with Crippen LogP contribution in [0, 0.1) is 0 Å². The number of halogens is 1. The average molecular weight is 333 g/mol. The number of carbonyl (C=O) groups is 2. The maximum Gasteiger partial charge on any atom is 0.323 e. The number of nitrogens with one attached hydrogen (secondary N) is 1. The van der Waals surface area contributed by atoms with Gasteiger partial charge in [0.25, 0.3) is 11.5 Å². The molecule has 0 aromatic carbocycles. The van der Waals surface area contributed by atoms with Crippen molar-refractivity contribution in [1.29, 1.82) is 0 Å². The number of nitrogens with zero attached hydrogens (tertiary/aromatic N) is 1. The van der Waals surface area contributed by atoms with Gasteiger partial charge in [-0.15, -0.1) is 0 Å². The van der Waals surface area contributed by atoms with Gasteiger partial charge in [-0.3, -0.25) is 14.4 Å². The molecule has 1 aromatic heterocycles. The van der Waals surface area contributed by atoms with Crippen LogP contribution in [-0.2, 0) is 9.53 Å². The molecule has 0 saturated carbocycles. The van der Waals surface area contributed by atoms with Crippen molar-refractivity contribution in [3.05, 3.63) is 32.7 Å². The number of carbonyl (C=O) groups excluding carboxylic acids is 1. The van der Waals surface area contributed by atoms with Crippen molar-refractivity contribution in [2.45, 2.75) is 0 Å². The van der Waals surface area contributed by atoms with Crippen LogP contribution in [0.5, 0.6) is 0 Å². The molecule has 2 N–H and O–H groups in total. The molecule has 0 spiro atoms. The van der Waals surface area contributed by atoms with E-state index in [-0.39, 0.29) is 28.7 Å². The third kappa shape index (κ3) is 4.49. The van der Waals surface area contributed by atoms with Crippen molar-refractivity contribution < 1.29 is 19.4 Å². The quantitative estimate of drug-likeness (QED) is 0.781. The number of amides is 1. The van der Waals surface area contributed by atoms with Gasteiger partial charge in [0.15, 0.2) is 0 Å². The molecule has 0 unspecified atom stereocenters. The molecule has 0 atom stereocenters. The number of aliphatic carboxylic acids is 1. The summed E-state index contributed by atoms with van der Waals surface area (Å²) < 4.78 is 5.04. The summed E-state index contributed by atoms with van der Waals surface area (Å²) >= 11 is 3.01. The van der Waals surface area contributed by atoms with Gasteiger partial charge in [0.2, 0.25) is 0 Å². The first kappa shape index (κ1) is 15.4. The van der Waals surface area contributed by atoms with E-state index in [9.17, 15) is 14.4 Å². The molecule has 1 rings (SSSR count). The van der Waals surface area contributed by atoms with Crippen LogP contribution in [0.2, 0.25) is 0 Å². The molecule has 0 radical (unpaired) electrons. The van der Waals surface area contributed by atoms with E-state index in [1.165, 1.54) is 19.4 Å². The summed E-state index contributed by atoms with van der Waals surface area (Å²) in [6.45, 7) is -0.0547. The molecular weight excluding hydrogens is 320 g/mol. The zero-order valence-electron chi connectivity index (χ0n) is 10.2. The fourth-order valence-corrected chi connectivity index (χ4v) is 1.74. The molecular formula is C11H13BrN2O5. The molecule has 0 aliphatic heterocycles. The number of hydrogen-bond donors (Lipinski definition) is 2. The predicted octanol–water partition coefficient (Wildman–Crippen LogP) is 0.311. The van der Waals surface area contributed by atoms with Crippen molar-refractivity contribution in [3.63, 3.8) is 0 Å². The van der Waals surface area contributed by atoms with Crippen molar-refractivity contribution in [2.24, 2.45) is 0 Å². The Morgan fingerprint density at radius 2 is 2.21 bits per heavy atom. The van der Waals surface area contributed by atoms with Gasteiger partial charge in [-0.1, -0.05) is 0 Å². The molecule has 8 heteroatoms. The minimum absolute atomic E-state index is 0.151. The lowest BCUT2D eigenvalue weighted by atomic mass is 10.2. The Balaban J connectivity index is 2.93. The van der Waals surface area contributed by atoms with E-state index in [0.29, 0.717) is 0 Å². The minimum atomic E-state index is -1.12. The first-order chi connectivity index (χ1) is 8.95. The van der Waals surface area contributed by atoms with Crippen LogP contribution >= 0.6 is 15.9 Å². The zero-order valence-corrected chi connectivity index (χ0v) is 11.8. The van der Waals surface area contributed by atoms with Gasteiger partial charge in [0.05, 0.1) is 16.6 Å². The number of aromatic amines is 1. The molecule has 0 aliphatic carbocycles. The van der Waals surface area contributed by atoms with E-state index in [1.807, 2.05) is 0 Å². The molecule has 1 heterocycles. The van der Waals surface area contributed by atoms with Crippen LogP contribution in [0.1, 0.15) is 10.4 Å². The lowest BCUT2D eigenvalue weighted by Crippen LogP contribution is -2.38. The van der Waals surface area contributed by atoms with Crippen LogP contribution in [0.3, 0.4) is 0 Å². The number of pyridine rings is 1. The highest BCUT2D eigenvalue weighted by Crippen LogP contribution is 2.08. The van der Waals surface area contributed by atoms with Crippen molar-refractivity contribution >= 4 is 27.8 Å². The van der Waals surface area contributed by atoms with Crippen molar-refractivity contribution in [2.75, 3.05) is 26.8 Å². The monoisotopic (exact) mass is 332 g/mol. The second kappa shape index (κ2) is 7.05. The van der Waals surface area contributed by atoms with E-state index in [4.69, 9.17) is 9.84 Å². The Kier molecular flexibility index (Phi) is 5.71. The second-order valence-corrected chi connectivity index (χ2v) is 4.53. The number of hydrogen-bond acceptors (Lipinski definition) is 4. The Hall–Kier alpha value is -1.67. The average Bonchev–Trinajstić information content (AvgIpc) is 2.36. The number of carboxylic acids is 1. The van der Waals surface area contributed by atoms with Gasteiger partial charge < -0.3 is 19.7 Å². The SMILES string of the molecule is COCCN(CC(=O)O)C(=O)c1c[nH]c(=O)c(Br)c1. The summed E-state index contributed by atoms with van der Waals surface area (Å²) in [4.78, 5) is 37.5. The van der Waals surface area contributed by atoms with Crippen molar-refractivity contribution in [3.8, 4) is 0 Å². The molecule has 0 aliphatic rings. The van der Waals surface area contributed by atoms with Crippen LogP contribution in [0.25, 0.3) is 0 Å². The summed E-state index contributed by atoms with van der Waals surface area (Å²) in [6.07, 6.45) is 1.25. The number of H-pyrrole nitrogens is 1. The van der Waals surface area contributed by atoms with Gasteiger partial charge in [-0.2, -0.15) is 0 Å². The molecule has 19 heavy (non-hydrogen) atoms. The lowest BCUT2D eigenvalue weighted by molar-refractivity contribution is -0.137. The molecule has 0 fully saturated rings. The highest BCUT2D eigenvalue weighted by atomic mass is 79.9. The fourth-order valence-electron chi connectivity index (χ4n) is 1.38. The van der Waals surface area contributed by atoms with Crippen LogP contribution in [-0.4, -0.2) is 53.7 Å². The summed E-state index contributed by atoms with van der Waals surface area (Å²) in [5, 5.41) is 8.78. The largest absolute Gasteiger partial charge is 0.480 e. The van der Waals surface area contributed by atoms with Gasteiger partial charge in [-0.25, -0.2) is 0 Å². The lowest BCUT2D eigenvalue weighted by Gasteiger charge is -2.20. The van der Waals surface area contributed by atoms with Crippen LogP contribution in [0.4, 0.5) is 0 Å². The Morgan fingerprint density at radius 1 is 1.53 bits per heavy atom. The zero-order chi connectivity index (χ0) is 14.4. The molecule has 7 nitrogen and oxygen atoms in total. The summed E-state index contributed by atoms with van der Waals surface area (Å²) in [5.41, 5.74) is -0.165. The topological polar surface area (TPSA) is 99.7 Å². The number of methoxy groups -OCH3 is 1. The molecule has 1 aromatic rings. The van der Waals surface area contributed by atoms with Gasteiger partial charge in [0, 0.05) is 19.9 Å². The first-order valence-corrected chi connectivity index (χ1v) is 6.13. The third-order valence-corrected chi connectivity index (χ3v) is 2.87. The summed E-state index contributed by atoms with van der Waals surface area (Å²) in [7, 11) is 1.46. The number of ether oxygens (including phenoxy) is 1. The van der Waals surface area contributed by atoms with Crippen LogP contribution in [0.15, 0.2) is 21.5 Å². The smallest absolute Gasteiger partial charge is 0.323 e. The maximum atomic E-state index is 12.1. The van der Waals surface area contributed by atoms with Gasteiger partial charge >= 0.3 is 5.97 Å². The molecule has 104 valence electrons. The minimum Gasteiger partial charge on any atom is -0.480 e. The molecule has 1 amide bonds. The van der Waals surface area contributed by atoms with Gasteiger partial charge in [0.1, 0.15) is 6.54 Å². The fraction of sp³-hybridized carbons (Fsp3) is 0.364. The van der Waals surface area contributed by atoms with Crippen LogP contribution < -0.4 is 5.56 Å². The summed E-state index contributed by atoms with van der Waals surface area (Å²) in [5.74, 6) is -1.61. The number of carboxylic acid groups (broad SMARTS) is 1. The summed E-state index contributed by atoms with van der Waals surface area (Å²) in [6, 6.07) is 1.35. The molecule has 0 saturated heterocycles. The number of rotatable bonds is 6.